The van der Waals surface area contributed by atoms with Gasteiger partial charge in [0.15, 0.2) is 0 Å². The fourth-order valence-corrected chi connectivity index (χ4v) is 3.59. The lowest BCUT2D eigenvalue weighted by molar-refractivity contribution is 0.127. The Balaban J connectivity index is 2.08. The van der Waals surface area contributed by atoms with Crippen LogP contribution in [0, 0.1) is 19.8 Å². The molecule has 2 rings (SSSR count). The largest absolute Gasteiger partial charge is 0.507 e. The Labute approximate surface area is 122 Å². The average molecular weight is 276 g/mol. The van der Waals surface area contributed by atoms with Gasteiger partial charge in [0.2, 0.25) is 0 Å². The van der Waals surface area contributed by atoms with Gasteiger partial charge in [0.1, 0.15) is 5.75 Å². The molecule has 0 saturated heterocycles. The molecule has 1 saturated carbocycles. The number of nitrogens with two attached hydrogens (primary N) is 1. The summed E-state index contributed by atoms with van der Waals surface area (Å²) in [6.45, 7) is 5.66. The highest BCUT2D eigenvalue weighted by molar-refractivity contribution is 5.42. The highest BCUT2D eigenvalue weighted by atomic mass is 16.3. The Morgan fingerprint density at radius 3 is 2.40 bits per heavy atom. The van der Waals surface area contributed by atoms with Gasteiger partial charge in [-0.1, -0.05) is 25.0 Å². The van der Waals surface area contributed by atoms with Crippen LogP contribution in [0.3, 0.4) is 0 Å². The van der Waals surface area contributed by atoms with E-state index in [-0.39, 0.29) is 0 Å². The number of hydrogen-bond acceptors (Lipinski definition) is 3. The summed E-state index contributed by atoms with van der Waals surface area (Å²) in [5.41, 5.74) is 9.14. The Morgan fingerprint density at radius 2 is 1.80 bits per heavy atom. The van der Waals surface area contributed by atoms with Gasteiger partial charge < -0.3 is 10.8 Å². The van der Waals surface area contributed by atoms with Crippen LogP contribution in [0.4, 0.5) is 0 Å². The molecule has 112 valence electrons. The number of rotatable bonds is 4. The van der Waals surface area contributed by atoms with E-state index in [1.165, 1.54) is 31.2 Å². The first-order chi connectivity index (χ1) is 9.52. The van der Waals surface area contributed by atoms with Crippen LogP contribution in [0.1, 0.15) is 42.4 Å². The molecule has 3 N–H and O–H groups in total. The van der Waals surface area contributed by atoms with E-state index in [2.05, 4.69) is 24.1 Å². The van der Waals surface area contributed by atoms with Crippen molar-refractivity contribution in [3.05, 3.63) is 28.8 Å². The molecule has 0 heterocycles. The van der Waals surface area contributed by atoms with Crippen molar-refractivity contribution < 1.29 is 5.11 Å². The van der Waals surface area contributed by atoms with Crippen LogP contribution in [0.5, 0.6) is 5.75 Å². The Hall–Kier alpha value is -1.06. The maximum atomic E-state index is 9.86. The molecule has 0 amide bonds. The number of phenols is 1. The minimum Gasteiger partial charge on any atom is -0.507 e. The number of hydrogen-bond donors (Lipinski definition) is 2. The van der Waals surface area contributed by atoms with Gasteiger partial charge in [-0.25, -0.2) is 0 Å². The minimum atomic E-state index is 0.425. The molecular weight excluding hydrogens is 248 g/mol. The first-order valence-electron chi connectivity index (χ1n) is 7.72. The summed E-state index contributed by atoms with van der Waals surface area (Å²) in [4.78, 5) is 2.45. The van der Waals surface area contributed by atoms with Crippen molar-refractivity contribution in [3.63, 3.8) is 0 Å². The van der Waals surface area contributed by atoms with Crippen molar-refractivity contribution in [2.45, 2.75) is 52.1 Å². The van der Waals surface area contributed by atoms with E-state index in [1.807, 2.05) is 13.8 Å². The maximum Gasteiger partial charge on any atom is 0.121 e. The molecule has 0 aliphatic heterocycles. The van der Waals surface area contributed by atoms with E-state index in [4.69, 9.17) is 5.73 Å². The molecule has 0 aromatic heterocycles. The monoisotopic (exact) mass is 276 g/mol. The van der Waals surface area contributed by atoms with Gasteiger partial charge in [-0.15, -0.1) is 0 Å². The highest BCUT2D eigenvalue weighted by Crippen LogP contribution is 2.29. The summed E-state index contributed by atoms with van der Waals surface area (Å²) in [5, 5.41) is 9.86. The van der Waals surface area contributed by atoms with E-state index < -0.39 is 0 Å². The number of nitrogens with zero attached hydrogens (tertiary/aromatic N) is 1. The van der Waals surface area contributed by atoms with Gasteiger partial charge in [-0.05, 0) is 62.9 Å². The van der Waals surface area contributed by atoms with Gasteiger partial charge in [0.05, 0.1) is 0 Å². The third kappa shape index (κ3) is 3.33. The minimum absolute atomic E-state index is 0.425. The molecule has 3 nitrogen and oxygen atoms in total. The van der Waals surface area contributed by atoms with Crippen molar-refractivity contribution in [2.24, 2.45) is 11.7 Å². The summed E-state index contributed by atoms with van der Waals surface area (Å²) in [6, 6.07) is 4.79. The molecule has 1 aliphatic rings. The van der Waals surface area contributed by atoms with E-state index in [9.17, 15) is 5.11 Å². The second-order valence-corrected chi connectivity index (χ2v) is 6.34. The quantitative estimate of drug-likeness (QED) is 0.889. The van der Waals surface area contributed by atoms with Gasteiger partial charge >= 0.3 is 0 Å². The van der Waals surface area contributed by atoms with Gasteiger partial charge in [0.25, 0.3) is 0 Å². The highest BCUT2D eigenvalue weighted by Gasteiger charge is 2.27. The first kappa shape index (κ1) is 15.3. The predicted molar refractivity (Wildman–Crippen MR) is 83.8 cm³/mol. The normalized spacial score (nSPS) is 23.2. The molecule has 2 atom stereocenters. The molecule has 0 bridgehead atoms. The van der Waals surface area contributed by atoms with Crippen molar-refractivity contribution >= 4 is 0 Å². The number of aryl methyl sites for hydroxylation is 2. The molecule has 1 aromatic rings. The smallest absolute Gasteiger partial charge is 0.121 e. The fraction of sp³-hybridized carbons (Fsp3) is 0.647. The van der Waals surface area contributed by atoms with E-state index in [0.717, 1.165) is 24.2 Å². The van der Waals surface area contributed by atoms with Crippen LogP contribution < -0.4 is 5.73 Å². The maximum absolute atomic E-state index is 9.86. The van der Waals surface area contributed by atoms with E-state index in [1.54, 1.807) is 0 Å². The molecule has 0 radical (unpaired) electrons. The molecule has 1 aliphatic carbocycles. The summed E-state index contributed by atoms with van der Waals surface area (Å²) >= 11 is 0. The standard InChI is InChI=1S/C17H28N2O/c1-12-8-14(9-13(2)17(12)20)11-19(3)16-7-5-4-6-15(16)10-18/h8-9,15-16,20H,4-7,10-11,18H2,1-3H3. The fourth-order valence-electron chi connectivity index (χ4n) is 3.59. The molecule has 1 aromatic carbocycles. The Morgan fingerprint density at radius 1 is 1.20 bits per heavy atom. The summed E-state index contributed by atoms with van der Waals surface area (Å²) in [7, 11) is 2.20. The SMILES string of the molecule is Cc1cc(CN(C)C2CCCCC2CN)cc(C)c1O. The second kappa shape index (κ2) is 6.59. The Bertz CT molecular complexity index is 435. The van der Waals surface area contributed by atoms with Crippen molar-refractivity contribution in [1.82, 2.24) is 4.90 Å². The molecule has 2 unspecified atom stereocenters. The zero-order valence-electron chi connectivity index (χ0n) is 13.0. The van der Waals surface area contributed by atoms with Crippen molar-refractivity contribution in [3.8, 4) is 5.75 Å². The van der Waals surface area contributed by atoms with Crippen LogP contribution in [0.15, 0.2) is 12.1 Å². The van der Waals surface area contributed by atoms with Gasteiger partial charge in [-0.2, -0.15) is 0 Å². The molecular formula is C17H28N2O. The van der Waals surface area contributed by atoms with Crippen LogP contribution in [-0.2, 0) is 6.54 Å². The first-order valence-corrected chi connectivity index (χ1v) is 7.72. The topological polar surface area (TPSA) is 49.5 Å². The van der Waals surface area contributed by atoms with E-state index >= 15 is 0 Å². The zero-order chi connectivity index (χ0) is 14.7. The summed E-state index contributed by atoms with van der Waals surface area (Å²) in [6.07, 6.45) is 5.16. The van der Waals surface area contributed by atoms with Crippen molar-refractivity contribution in [2.75, 3.05) is 13.6 Å². The molecule has 0 spiro atoms. The third-order valence-corrected chi connectivity index (χ3v) is 4.72. The summed E-state index contributed by atoms with van der Waals surface area (Å²) in [5.74, 6) is 1.06. The molecule has 20 heavy (non-hydrogen) atoms. The number of aromatic hydroxyl groups is 1. The lowest BCUT2D eigenvalue weighted by Crippen LogP contribution is -2.42. The lowest BCUT2D eigenvalue weighted by Gasteiger charge is -2.37. The molecule has 3 heteroatoms. The summed E-state index contributed by atoms with van der Waals surface area (Å²) < 4.78 is 0. The van der Waals surface area contributed by atoms with E-state index in [0.29, 0.717) is 17.7 Å². The Kier molecular flexibility index (Phi) is 5.06. The van der Waals surface area contributed by atoms with Crippen LogP contribution >= 0.6 is 0 Å². The lowest BCUT2D eigenvalue weighted by atomic mass is 9.83. The average Bonchev–Trinajstić information content (AvgIpc) is 2.44. The van der Waals surface area contributed by atoms with Gasteiger partial charge in [-0.3, -0.25) is 4.90 Å². The van der Waals surface area contributed by atoms with Gasteiger partial charge in [0, 0.05) is 12.6 Å². The third-order valence-electron chi connectivity index (χ3n) is 4.72. The zero-order valence-corrected chi connectivity index (χ0v) is 13.0. The molecule has 1 fully saturated rings. The second-order valence-electron chi connectivity index (χ2n) is 6.34. The number of phenolic OH excluding ortho intramolecular Hbond substituents is 1. The van der Waals surface area contributed by atoms with Crippen LogP contribution in [-0.4, -0.2) is 29.6 Å². The number of benzene rings is 1. The van der Waals surface area contributed by atoms with Crippen LogP contribution in [0.25, 0.3) is 0 Å². The van der Waals surface area contributed by atoms with Crippen molar-refractivity contribution in [1.29, 1.82) is 0 Å². The van der Waals surface area contributed by atoms with Crippen LogP contribution in [0.2, 0.25) is 0 Å². The predicted octanol–water partition coefficient (Wildman–Crippen LogP) is 2.96.